The highest BCUT2D eigenvalue weighted by Gasteiger charge is 2.33. The van der Waals surface area contributed by atoms with Crippen LogP contribution in [0.25, 0.3) is 0 Å². The van der Waals surface area contributed by atoms with Gasteiger partial charge in [-0.3, -0.25) is 4.79 Å². The lowest BCUT2D eigenvalue weighted by Gasteiger charge is -2.32. The quantitative estimate of drug-likeness (QED) is 0.815. The minimum atomic E-state index is -0.855. The van der Waals surface area contributed by atoms with Crippen LogP contribution in [0, 0.1) is 0 Å². The molecule has 0 spiro atoms. The zero-order valence-corrected chi connectivity index (χ0v) is 11.7. The summed E-state index contributed by atoms with van der Waals surface area (Å²) in [5.74, 6) is -0.797. The first-order valence-corrected chi connectivity index (χ1v) is 6.36. The molecule has 0 amide bonds. The Balaban J connectivity index is 2.76. The standard InChI is InChI=1S/C15H23NO2/c1-5-15(4,13(17)18)16-11-14(2,3)12-9-7-6-8-10-12/h6-10,16H,5,11H2,1-4H3,(H,17,18). The van der Waals surface area contributed by atoms with Crippen LogP contribution in [0.1, 0.15) is 39.7 Å². The van der Waals surface area contributed by atoms with Gasteiger partial charge in [-0.25, -0.2) is 0 Å². The van der Waals surface area contributed by atoms with Crippen LogP contribution in [0.5, 0.6) is 0 Å². The molecule has 1 unspecified atom stereocenters. The van der Waals surface area contributed by atoms with Gasteiger partial charge in [0.1, 0.15) is 5.54 Å². The zero-order valence-electron chi connectivity index (χ0n) is 11.7. The zero-order chi connectivity index (χ0) is 13.8. The first-order chi connectivity index (χ1) is 8.32. The van der Waals surface area contributed by atoms with E-state index in [2.05, 4.69) is 31.3 Å². The van der Waals surface area contributed by atoms with Crippen LogP contribution in [0.3, 0.4) is 0 Å². The summed E-state index contributed by atoms with van der Waals surface area (Å²) in [6, 6.07) is 10.2. The second-order valence-corrected chi connectivity index (χ2v) is 5.59. The molecule has 0 saturated heterocycles. The van der Waals surface area contributed by atoms with Gasteiger partial charge in [0.2, 0.25) is 0 Å². The van der Waals surface area contributed by atoms with Crippen molar-refractivity contribution in [3.63, 3.8) is 0 Å². The number of benzene rings is 1. The Hall–Kier alpha value is -1.35. The topological polar surface area (TPSA) is 49.3 Å². The van der Waals surface area contributed by atoms with E-state index in [0.717, 1.165) is 0 Å². The lowest BCUT2D eigenvalue weighted by atomic mass is 9.83. The van der Waals surface area contributed by atoms with E-state index in [0.29, 0.717) is 13.0 Å². The predicted octanol–water partition coefficient (Wildman–Crippen LogP) is 2.81. The van der Waals surface area contributed by atoms with Crippen LogP contribution >= 0.6 is 0 Å². The Morgan fingerprint density at radius 3 is 2.22 bits per heavy atom. The number of nitrogens with one attached hydrogen (secondary N) is 1. The maximum absolute atomic E-state index is 11.2. The summed E-state index contributed by atoms with van der Waals surface area (Å²) in [6.07, 6.45) is 0.563. The summed E-state index contributed by atoms with van der Waals surface area (Å²) >= 11 is 0. The number of hydrogen-bond acceptors (Lipinski definition) is 2. The first-order valence-electron chi connectivity index (χ1n) is 6.36. The molecule has 1 rings (SSSR count). The van der Waals surface area contributed by atoms with Crippen molar-refractivity contribution in [2.45, 2.75) is 45.1 Å². The summed E-state index contributed by atoms with van der Waals surface area (Å²) in [7, 11) is 0. The van der Waals surface area contributed by atoms with E-state index < -0.39 is 11.5 Å². The summed E-state index contributed by atoms with van der Waals surface area (Å²) in [5.41, 5.74) is 0.264. The van der Waals surface area contributed by atoms with Crippen LogP contribution in [0.15, 0.2) is 30.3 Å². The minimum absolute atomic E-state index is 0.0901. The second-order valence-electron chi connectivity index (χ2n) is 5.59. The molecule has 0 bridgehead atoms. The largest absolute Gasteiger partial charge is 0.480 e. The Morgan fingerprint density at radius 1 is 1.22 bits per heavy atom. The molecular formula is C15H23NO2. The van der Waals surface area contributed by atoms with Crippen molar-refractivity contribution in [2.75, 3.05) is 6.54 Å². The molecule has 0 fully saturated rings. The summed E-state index contributed by atoms with van der Waals surface area (Å²) in [5, 5.41) is 12.4. The molecule has 3 nitrogen and oxygen atoms in total. The van der Waals surface area contributed by atoms with Gasteiger partial charge in [-0.1, -0.05) is 51.1 Å². The summed E-state index contributed by atoms with van der Waals surface area (Å²) in [4.78, 5) is 11.2. The second kappa shape index (κ2) is 5.53. The molecule has 3 heteroatoms. The van der Waals surface area contributed by atoms with Gasteiger partial charge in [-0.15, -0.1) is 0 Å². The van der Waals surface area contributed by atoms with E-state index in [4.69, 9.17) is 0 Å². The molecule has 0 aromatic heterocycles. The van der Waals surface area contributed by atoms with Gasteiger partial charge in [-0.05, 0) is 18.9 Å². The van der Waals surface area contributed by atoms with Crippen LogP contribution in [-0.4, -0.2) is 23.2 Å². The Morgan fingerprint density at radius 2 is 1.78 bits per heavy atom. The van der Waals surface area contributed by atoms with Crippen LogP contribution < -0.4 is 5.32 Å². The monoisotopic (exact) mass is 249 g/mol. The van der Waals surface area contributed by atoms with E-state index >= 15 is 0 Å². The Kier molecular flexibility index (Phi) is 4.52. The fourth-order valence-corrected chi connectivity index (χ4v) is 1.76. The first kappa shape index (κ1) is 14.7. The molecule has 100 valence electrons. The summed E-state index contributed by atoms with van der Waals surface area (Å²) in [6.45, 7) is 8.49. The molecule has 1 atom stereocenters. The van der Waals surface area contributed by atoms with Crippen molar-refractivity contribution in [1.82, 2.24) is 5.32 Å². The molecule has 0 heterocycles. The van der Waals surface area contributed by atoms with Gasteiger partial charge in [0.05, 0.1) is 0 Å². The number of rotatable bonds is 6. The average molecular weight is 249 g/mol. The normalized spacial score (nSPS) is 15.1. The molecule has 1 aromatic rings. The highest BCUT2D eigenvalue weighted by atomic mass is 16.4. The molecule has 1 aromatic carbocycles. The lowest BCUT2D eigenvalue weighted by molar-refractivity contribution is -0.144. The minimum Gasteiger partial charge on any atom is -0.480 e. The molecule has 0 aliphatic carbocycles. The number of aliphatic carboxylic acids is 1. The molecule has 18 heavy (non-hydrogen) atoms. The molecule has 0 radical (unpaired) electrons. The maximum Gasteiger partial charge on any atom is 0.323 e. The van der Waals surface area contributed by atoms with E-state index in [-0.39, 0.29) is 5.41 Å². The highest BCUT2D eigenvalue weighted by Crippen LogP contribution is 2.23. The number of carboxylic acid groups (broad SMARTS) is 1. The highest BCUT2D eigenvalue weighted by molar-refractivity contribution is 5.78. The molecule has 0 aliphatic rings. The van der Waals surface area contributed by atoms with E-state index in [1.807, 2.05) is 25.1 Å². The lowest BCUT2D eigenvalue weighted by Crippen LogP contribution is -2.52. The van der Waals surface area contributed by atoms with Gasteiger partial charge in [0, 0.05) is 12.0 Å². The van der Waals surface area contributed by atoms with Crippen LogP contribution in [0.2, 0.25) is 0 Å². The SMILES string of the molecule is CCC(C)(NCC(C)(C)c1ccccc1)C(=O)O. The number of carboxylic acids is 1. The van der Waals surface area contributed by atoms with Gasteiger partial charge >= 0.3 is 5.97 Å². The molecule has 0 aliphatic heterocycles. The van der Waals surface area contributed by atoms with Gasteiger partial charge < -0.3 is 10.4 Å². The third-order valence-electron chi connectivity index (χ3n) is 3.65. The van der Waals surface area contributed by atoms with E-state index in [9.17, 15) is 9.90 Å². The van der Waals surface area contributed by atoms with Crippen molar-refractivity contribution < 1.29 is 9.90 Å². The smallest absolute Gasteiger partial charge is 0.323 e. The predicted molar refractivity (Wildman–Crippen MR) is 73.8 cm³/mol. The third-order valence-corrected chi connectivity index (χ3v) is 3.65. The Labute approximate surface area is 109 Å². The van der Waals surface area contributed by atoms with E-state index in [1.165, 1.54) is 5.56 Å². The Bertz CT molecular complexity index is 400. The van der Waals surface area contributed by atoms with Crippen molar-refractivity contribution in [1.29, 1.82) is 0 Å². The van der Waals surface area contributed by atoms with Crippen LogP contribution in [-0.2, 0) is 10.2 Å². The van der Waals surface area contributed by atoms with Crippen LogP contribution in [0.4, 0.5) is 0 Å². The van der Waals surface area contributed by atoms with Crippen molar-refractivity contribution in [2.24, 2.45) is 0 Å². The van der Waals surface area contributed by atoms with Gasteiger partial charge in [0.15, 0.2) is 0 Å². The molecular weight excluding hydrogens is 226 g/mol. The van der Waals surface area contributed by atoms with Gasteiger partial charge in [-0.2, -0.15) is 0 Å². The third kappa shape index (κ3) is 3.33. The maximum atomic E-state index is 11.2. The van der Waals surface area contributed by atoms with E-state index in [1.54, 1.807) is 6.92 Å². The number of hydrogen-bond donors (Lipinski definition) is 2. The summed E-state index contributed by atoms with van der Waals surface area (Å²) < 4.78 is 0. The van der Waals surface area contributed by atoms with Crippen molar-refractivity contribution >= 4 is 5.97 Å². The van der Waals surface area contributed by atoms with Gasteiger partial charge in [0.25, 0.3) is 0 Å². The van der Waals surface area contributed by atoms with Crippen molar-refractivity contribution in [3.8, 4) is 0 Å². The fraction of sp³-hybridized carbons (Fsp3) is 0.533. The average Bonchev–Trinajstić information content (AvgIpc) is 2.37. The van der Waals surface area contributed by atoms with Crippen molar-refractivity contribution in [3.05, 3.63) is 35.9 Å². The number of carbonyl (C=O) groups is 1. The molecule has 0 saturated carbocycles. The molecule has 2 N–H and O–H groups in total. The fourth-order valence-electron chi connectivity index (χ4n) is 1.76.